The number of aromatic nitrogens is 4. The van der Waals surface area contributed by atoms with Crippen molar-refractivity contribution < 1.29 is 0 Å². The quantitative estimate of drug-likeness (QED) is 0.845. The molecule has 4 heterocycles. The molecule has 2 saturated heterocycles. The highest BCUT2D eigenvalue weighted by atomic mass is 16.1. The van der Waals surface area contributed by atoms with Gasteiger partial charge in [-0.3, -0.25) is 24.3 Å². The van der Waals surface area contributed by atoms with Gasteiger partial charge in [-0.25, -0.2) is 0 Å². The summed E-state index contributed by atoms with van der Waals surface area (Å²) in [5.41, 5.74) is 0.528. The zero-order chi connectivity index (χ0) is 16.8. The monoisotopic (exact) mass is 331 g/mol. The third-order valence-corrected chi connectivity index (χ3v) is 5.35. The van der Waals surface area contributed by atoms with Crippen LogP contribution < -0.4 is 10.5 Å². The second kappa shape index (κ2) is 5.86. The fraction of sp³-hybridized carbons (Fsp3) is 0.688. The lowest BCUT2D eigenvalue weighted by Gasteiger charge is -2.48. The van der Waals surface area contributed by atoms with E-state index < -0.39 is 0 Å². The molecule has 130 valence electrons. The number of piperazine rings is 1. The second-order valence-electron chi connectivity index (χ2n) is 7.12. The highest BCUT2D eigenvalue weighted by Gasteiger charge is 2.35. The Kier molecular flexibility index (Phi) is 3.80. The molecule has 0 unspecified atom stereocenters. The predicted octanol–water partition coefficient (Wildman–Crippen LogP) is -0.129. The molecule has 2 aromatic heterocycles. The highest BCUT2D eigenvalue weighted by Crippen LogP contribution is 2.22. The summed E-state index contributed by atoms with van der Waals surface area (Å²) in [6, 6.07) is 1.19. The van der Waals surface area contributed by atoms with Gasteiger partial charge < -0.3 is 4.90 Å². The maximum absolute atomic E-state index is 12.1. The first-order chi connectivity index (χ1) is 11.5. The van der Waals surface area contributed by atoms with E-state index in [2.05, 4.69) is 43.6 Å². The lowest BCUT2D eigenvalue weighted by Crippen LogP contribution is -2.64. The van der Waals surface area contributed by atoms with Crippen molar-refractivity contribution in [2.45, 2.75) is 25.9 Å². The minimum atomic E-state index is -0.114. The van der Waals surface area contributed by atoms with Crippen LogP contribution in [0.3, 0.4) is 0 Å². The Morgan fingerprint density at radius 3 is 2.58 bits per heavy atom. The summed E-state index contributed by atoms with van der Waals surface area (Å²) in [6.45, 7) is 10.9. The Labute approximate surface area is 141 Å². The summed E-state index contributed by atoms with van der Waals surface area (Å²) < 4.78 is 1.65. The van der Waals surface area contributed by atoms with Gasteiger partial charge in [0, 0.05) is 58.4 Å². The number of rotatable bonds is 3. The number of hydrogen-bond acceptors (Lipinski definition) is 6. The van der Waals surface area contributed by atoms with E-state index in [-0.39, 0.29) is 5.56 Å². The van der Waals surface area contributed by atoms with E-state index in [1.165, 1.54) is 0 Å². The van der Waals surface area contributed by atoms with Gasteiger partial charge in [-0.05, 0) is 13.8 Å². The maximum atomic E-state index is 12.1. The molecular weight excluding hydrogens is 306 g/mol. The maximum Gasteiger partial charge on any atom is 0.263 e. The van der Waals surface area contributed by atoms with Crippen LogP contribution >= 0.6 is 0 Å². The average Bonchev–Trinajstić information content (AvgIpc) is 2.88. The van der Waals surface area contributed by atoms with Gasteiger partial charge in [-0.15, -0.1) is 0 Å². The van der Waals surface area contributed by atoms with Crippen molar-refractivity contribution in [2.75, 3.05) is 44.2 Å². The molecule has 0 aliphatic carbocycles. The third-order valence-electron chi connectivity index (χ3n) is 5.35. The molecule has 2 aromatic rings. The summed E-state index contributed by atoms with van der Waals surface area (Å²) in [6.07, 6.45) is 1.57. The molecule has 0 radical (unpaired) electrons. The van der Waals surface area contributed by atoms with Gasteiger partial charge in [0.25, 0.3) is 5.56 Å². The van der Waals surface area contributed by atoms with Crippen LogP contribution in [0.4, 0.5) is 5.95 Å². The SMILES string of the molecule is CC(C)N1CCN(C2CN(c3nc4c(cnn4C)c(=O)[nH]3)C2)CC1. The Morgan fingerprint density at radius 1 is 1.21 bits per heavy atom. The van der Waals surface area contributed by atoms with E-state index in [1.54, 1.807) is 10.9 Å². The van der Waals surface area contributed by atoms with E-state index in [1.807, 2.05) is 7.05 Å². The largest absolute Gasteiger partial charge is 0.339 e. The van der Waals surface area contributed by atoms with Gasteiger partial charge in [0.05, 0.1) is 6.20 Å². The summed E-state index contributed by atoms with van der Waals surface area (Å²) in [7, 11) is 1.81. The van der Waals surface area contributed by atoms with Crippen molar-refractivity contribution in [3.05, 3.63) is 16.6 Å². The van der Waals surface area contributed by atoms with Gasteiger partial charge in [0.2, 0.25) is 5.95 Å². The van der Waals surface area contributed by atoms with Crippen LogP contribution in [0.2, 0.25) is 0 Å². The number of aryl methyl sites for hydroxylation is 1. The van der Waals surface area contributed by atoms with Crippen LogP contribution in [0.25, 0.3) is 11.0 Å². The molecule has 2 fully saturated rings. The number of anilines is 1. The molecule has 0 atom stereocenters. The Hall–Kier alpha value is -1.93. The first-order valence-corrected chi connectivity index (χ1v) is 8.68. The third kappa shape index (κ3) is 2.59. The molecule has 8 heteroatoms. The van der Waals surface area contributed by atoms with Gasteiger partial charge in [-0.2, -0.15) is 10.1 Å². The first kappa shape index (κ1) is 15.6. The van der Waals surface area contributed by atoms with E-state index in [4.69, 9.17) is 0 Å². The number of fused-ring (bicyclic) bond motifs is 1. The number of nitrogens with zero attached hydrogens (tertiary/aromatic N) is 6. The van der Waals surface area contributed by atoms with Crippen LogP contribution in [0, 0.1) is 0 Å². The summed E-state index contributed by atoms with van der Waals surface area (Å²) >= 11 is 0. The molecule has 0 saturated carbocycles. The van der Waals surface area contributed by atoms with Crippen molar-refractivity contribution >= 4 is 17.0 Å². The van der Waals surface area contributed by atoms with Crippen LogP contribution in [-0.2, 0) is 7.05 Å². The normalized spacial score (nSPS) is 20.9. The smallest absolute Gasteiger partial charge is 0.263 e. The molecule has 0 aromatic carbocycles. The average molecular weight is 331 g/mol. The van der Waals surface area contributed by atoms with Crippen molar-refractivity contribution in [3.63, 3.8) is 0 Å². The molecule has 1 N–H and O–H groups in total. The van der Waals surface area contributed by atoms with Crippen LogP contribution in [0.15, 0.2) is 11.0 Å². The van der Waals surface area contributed by atoms with E-state index in [0.717, 1.165) is 39.3 Å². The molecule has 4 rings (SSSR count). The Balaban J connectivity index is 1.41. The van der Waals surface area contributed by atoms with Crippen molar-refractivity contribution in [1.29, 1.82) is 0 Å². The lowest BCUT2D eigenvalue weighted by atomic mass is 10.1. The van der Waals surface area contributed by atoms with Gasteiger partial charge in [0.15, 0.2) is 5.65 Å². The van der Waals surface area contributed by atoms with Gasteiger partial charge in [0.1, 0.15) is 5.39 Å². The molecule has 0 amide bonds. The zero-order valence-electron chi connectivity index (χ0n) is 14.6. The number of nitrogens with one attached hydrogen (secondary N) is 1. The minimum Gasteiger partial charge on any atom is -0.339 e. The zero-order valence-corrected chi connectivity index (χ0v) is 14.6. The van der Waals surface area contributed by atoms with E-state index in [0.29, 0.717) is 29.1 Å². The van der Waals surface area contributed by atoms with Crippen LogP contribution in [-0.4, -0.2) is 80.9 Å². The van der Waals surface area contributed by atoms with Crippen LogP contribution in [0.1, 0.15) is 13.8 Å². The summed E-state index contributed by atoms with van der Waals surface area (Å²) in [5, 5.41) is 4.66. The predicted molar refractivity (Wildman–Crippen MR) is 93.4 cm³/mol. The van der Waals surface area contributed by atoms with Crippen LogP contribution in [0.5, 0.6) is 0 Å². The number of hydrogen-bond donors (Lipinski definition) is 1. The Bertz CT molecular complexity index is 781. The molecule has 0 bridgehead atoms. The molecule has 2 aliphatic heterocycles. The lowest BCUT2D eigenvalue weighted by molar-refractivity contribution is 0.0674. The second-order valence-corrected chi connectivity index (χ2v) is 7.12. The van der Waals surface area contributed by atoms with E-state index in [9.17, 15) is 4.79 Å². The van der Waals surface area contributed by atoms with Crippen molar-refractivity contribution in [1.82, 2.24) is 29.5 Å². The highest BCUT2D eigenvalue weighted by molar-refractivity contribution is 5.74. The Morgan fingerprint density at radius 2 is 1.92 bits per heavy atom. The molecule has 2 aliphatic rings. The molecule has 0 spiro atoms. The van der Waals surface area contributed by atoms with Gasteiger partial charge >= 0.3 is 0 Å². The molecular formula is C16H25N7O. The van der Waals surface area contributed by atoms with E-state index >= 15 is 0 Å². The minimum absolute atomic E-state index is 0.114. The van der Waals surface area contributed by atoms with Crippen molar-refractivity contribution in [3.8, 4) is 0 Å². The molecule has 8 nitrogen and oxygen atoms in total. The summed E-state index contributed by atoms with van der Waals surface area (Å²) in [4.78, 5) is 26.9. The fourth-order valence-electron chi connectivity index (χ4n) is 3.65. The topological polar surface area (TPSA) is 73.3 Å². The van der Waals surface area contributed by atoms with Gasteiger partial charge in [-0.1, -0.05) is 0 Å². The number of aromatic amines is 1. The number of H-pyrrole nitrogens is 1. The fourth-order valence-corrected chi connectivity index (χ4v) is 3.65. The van der Waals surface area contributed by atoms with Crippen molar-refractivity contribution in [2.24, 2.45) is 7.05 Å². The standard InChI is InChI=1S/C16H25N7O/c1-11(2)21-4-6-22(7-5-21)12-9-23(10-12)16-18-14-13(15(24)19-16)8-17-20(14)3/h8,11-12H,4-7,9-10H2,1-3H3,(H,18,19,24). The first-order valence-electron chi connectivity index (χ1n) is 8.68. The molecule has 24 heavy (non-hydrogen) atoms. The summed E-state index contributed by atoms with van der Waals surface area (Å²) in [5.74, 6) is 0.660.